The Hall–Kier alpha value is -3.79. The second kappa shape index (κ2) is 10.1. The SMILES string of the molecule is CCNP(=O)(NCC)c1ccc(Nc2cnc3nnn(Cc4ccc5ncccc5c4)c3n2)c(F)c1. The number of benzene rings is 2. The van der Waals surface area contributed by atoms with Crippen LogP contribution >= 0.6 is 7.44 Å². The molecule has 184 valence electrons. The highest BCUT2D eigenvalue weighted by Gasteiger charge is 2.23. The Labute approximate surface area is 206 Å². The highest BCUT2D eigenvalue weighted by Crippen LogP contribution is 2.35. The minimum Gasteiger partial charge on any atom is -0.336 e. The summed E-state index contributed by atoms with van der Waals surface area (Å²) in [6, 6.07) is 14.3. The van der Waals surface area contributed by atoms with E-state index in [2.05, 4.69) is 40.8 Å². The second-order valence-electron chi connectivity index (χ2n) is 8.10. The molecule has 0 saturated heterocycles. The van der Waals surface area contributed by atoms with Crippen LogP contribution in [0.2, 0.25) is 0 Å². The molecular formula is C24H25FN9OP. The standard InChI is InChI=1S/C24H25FN9OP/c1-3-28-36(35,29-4-2)18-8-10-21(19(25)13-18)30-22-14-27-23-24(31-22)34(33-32-23)15-16-7-9-20-17(12-16)6-5-11-26-20/h5-14H,3-4,15H2,1-2H3,(H,30,31)(H2,28,29,35). The first kappa shape index (κ1) is 23.9. The monoisotopic (exact) mass is 505 g/mol. The Morgan fingerprint density at radius 1 is 1.03 bits per heavy atom. The predicted octanol–water partition coefficient (Wildman–Crippen LogP) is 3.74. The fraction of sp³-hybridized carbons (Fsp3) is 0.208. The van der Waals surface area contributed by atoms with E-state index in [1.54, 1.807) is 16.9 Å². The van der Waals surface area contributed by atoms with E-state index in [0.717, 1.165) is 16.5 Å². The van der Waals surface area contributed by atoms with E-state index >= 15 is 0 Å². The summed E-state index contributed by atoms with van der Waals surface area (Å²) in [6.07, 6.45) is 3.23. The molecule has 5 rings (SSSR count). The van der Waals surface area contributed by atoms with Gasteiger partial charge in [-0.15, -0.1) is 5.10 Å². The van der Waals surface area contributed by atoms with Crippen LogP contribution in [-0.4, -0.2) is 43.0 Å². The number of aromatic nitrogens is 6. The zero-order chi connectivity index (χ0) is 25.1. The lowest BCUT2D eigenvalue weighted by atomic mass is 10.1. The molecule has 0 spiro atoms. The summed E-state index contributed by atoms with van der Waals surface area (Å²) >= 11 is 0. The summed E-state index contributed by atoms with van der Waals surface area (Å²) in [7, 11) is -3.10. The van der Waals surface area contributed by atoms with Gasteiger partial charge in [0.05, 0.1) is 23.9 Å². The first-order valence-corrected chi connectivity index (χ1v) is 13.3. The van der Waals surface area contributed by atoms with Crippen molar-refractivity contribution in [3.8, 4) is 0 Å². The van der Waals surface area contributed by atoms with Gasteiger partial charge in [-0.3, -0.25) is 19.7 Å². The zero-order valence-corrected chi connectivity index (χ0v) is 20.7. The molecule has 3 aromatic heterocycles. The van der Waals surface area contributed by atoms with E-state index in [-0.39, 0.29) is 5.69 Å². The number of rotatable bonds is 9. The van der Waals surface area contributed by atoms with Gasteiger partial charge in [0.2, 0.25) is 13.1 Å². The van der Waals surface area contributed by atoms with E-state index in [1.165, 1.54) is 18.3 Å². The summed E-state index contributed by atoms with van der Waals surface area (Å²) in [5.74, 6) is -0.219. The minimum absolute atomic E-state index is 0.188. The summed E-state index contributed by atoms with van der Waals surface area (Å²) in [5, 5.41) is 18.5. The first-order chi connectivity index (χ1) is 17.5. The summed E-state index contributed by atoms with van der Waals surface area (Å²) in [4.78, 5) is 13.2. The molecular weight excluding hydrogens is 480 g/mol. The molecule has 36 heavy (non-hydrogen) atoms. The van der Waals surface area contributed by atoms with Crippen LogP contribution in [-0.2, 0) is 11.1 Å². The molecule has 0 amide bonds. The van der Waals surface area contributed by atoms with Crippen LogP contribution in [0.15, 0.2) is 60.9 Å². The highest BCUT2D eigenvalue weighted by atomic mass is 31.2. The van der Waals surface area contributed by atoms with Crippen molar-refractivity contribution < 1.29 is 8.96 Å². The molecule has 3 N–H and O–H groups in total. The van der Waals surface area contributed by atoms with Crippen LogP contribution in [0.25, 0.3) is 22.2 Å². The van der Waals surface area contributed by atoms with E-state index in [0.29, 0.717) is 42.1 Å². The largest absolute Gasteiger partial charge is 0.336 e. The van der Waals surface area contributed by atoms with Gasteiger partial charge in [-0.05, 0) is 42.0 Å². The van der Waals surface area contributed by atoms with E-state index in [9.17, 15) is 8.96 Å². The van der Waals surface area contributed by atoms with Gasteiger partial charge in [-0.1, -0.05) is 31.2 Å². The van der Waals surface area contributed by atoms with Gasteiger partial charge in [-0.2, -0.15) is 0 Å². The first-order valence-electron chi connectivity index (χ1n) is 11.6. The summed E-state index contributed by atoms with van der Waals surface area (Å²) < 4.78 is 29.8. The van der Waals surface area contributed by atoms with E-state index in [4.69, 9.17) is 0 Å². The Morgan fingerprint density at radius 3 is 2.64 bits per heavy atom. The van der Waals surface area contributed by atoms with Crippen LogP contribution in [0.5, 0.6) is 0 Å². The van der Waals surface area contributed by atoms with Crippen molar-refractivity contribution in [2.24, 2.45) is 0 Å². The number of halogens is 1. The minimum atomic E-state index is -3.10. The van der Waals surface area contributed by atoms with Crippen LogP contribution in [0.4, 0.5) is 15.9 Å². The van der Waals surface area contributed by atoms with Gasteiger partial charge in [0.15, 0.2) is 11.5 Å². The molecule has 0 aliphatic carbocycles. The lowest BCUT2D eigenvalue weighted by Crippen LogP contribution is -2.30. The molecule has 12 heteroatoms. The maximum Gasteiger partial charge on any atom is 0.240 e. The average molecular weight is 505 g/mol. The maximum atomic E-state index is 15.0. The Morgan fingerprint density at radius 2 is 1.86 bits per heavy atom. The molecule has 0 fully saturated rings. The quantitative estimate of drug-likeness (QED) is 0.257. The normalized spacial score (nSPS) is 11.9. The smallest absolute Gasteiger partial charge is 0.240 e. The topological polar surface area (TPSA) is 123 Å². The van der Waals surface area contributed by atoms with Gasteiger partial charge < -0.3 is 5.32 Å². The van der Waals surface area contributed by atoms with Crippen LogP contribution in [0.1, 0.15) is 19.4 Å². The van der Waals surface area contributed by atoms with Crippen molar-refractivity contribution in [2.45, 2.75) is 20.4 Å². The molecule has 3 heterocycles. The summed E-state index contributed by atoms with van der Waals surface area (Å²) in [6.45, 7) is 5.11. The van der Waals surface area contributed by atoms with Gasteiger partial charge in [0.1, 0.15) is 5.82 Å². The fourth-order valence-corrected chi connectivity index (χ4v) is 5.89. The Kier molecular flexibility index (Phi) is 6.69. The lowest BCUT2D eigenvalue weighted by Gasteiger charge is -2.20. The molecule has 0 atom stereocenters. The average Bonchev–Trinajstić information content (AvgIpc) is 3.27. The molecule has 10 nitrogen and oxygen atoms in total. The maximum absolute atomic E-state index is 15.0. The third-order valence-electron chi connectivity index (χ3n) is 5.57. The third kappa shape index (κ3) is 4.81. The molecule has 0 radical (unpaired) electrons. The number of anilines is 2. The predicted molar refractivity (Wildman–Crippen MR) is 138 cm³/mol. The molecule has 0 aliphatic heterocycles. The van der Waals surface area contributed by atoms with Crippen LogP contribution in [0, 0.1) is 5.82 Å². The molecule has 0 bridgehead atoms. The molecule has 0 saturated carbocycles. The van der Waals surface area contributed by atoms with Gasteiger partial charge in [0.25, 0.3) is 0 Å². The summed E-state index contributed by atoms with van der Waals surface area (Å²) in [5.41, 5.74) is 2.96. The molecule has 0 aliphatic rings. The highest BCUT2D eigenvalue weighted by molar-refractivity contribution is 7.67. The van der Waals surface area contributed by atoms with E-state index in [1.807, 2.05) is 44.2 Å². The third-order valence-corrected chi connectivity index (χ3v) is 8.10. The Bertz CT molecular complexity index is 1580. The fourth-order valence-electron chi connectivity index (χ4n) is 3.94. The number of fused-ring (bicyclic) bond motifs is 2. The number of hydrogen-bond donors (Lipinski definition) is 3. The second-order valence-corrected chi connectivity index (χ2v) is 10.5. The number of nitrogens with zero attached hydrogens (tertiary/aromatic N) is 6. The number of pyridine rings is 1. The zero-order valence-electron chi connectivity index (χ0n) is 19.8. The van der Waals surface area contributed by atoms with Gasteiger partial charge in [-0.25, -0.2) is 19.0 Å². The van der Waals surface area contributed by atoms with Crippen LogP contribution in [0.3, 0.4) is 0 Å². The van der Waals surface area contributed by atoms with Crippen molar-refractivity contribution in [1.29, 1.82) is 0 Å². The van der Waals surface area contributed by atoms with Crippen molar-refractivity contribution in [2.75, 3.05) is 18.4 Å². The lowest BCUT2D eigenvalue weighted by molar-refractivity contribution is 0.563. The van der Waals surface area contributed by atoms with Crippen molar-refractivity contribution >= 4 is 46.5 Å². The molecule has 2 aromatic carbocycles. The van der Waals surface area contributed by atoms with Gasteiger partial charge in [0, 0.05) is 30.0 Å². The van der Waals surface area contributed by atoms with E-state index < -0.39 is 13.3 Å². The number of hydrogen-bond acceptors (Lipinski definition) is 7. The van der Waals surface area contributed by atoms with Crippen molar-refractivity contribution in [3.05, 3.63) is 72.3 Å². The van der Waals surface area contributed by atoms with Crippen molar-refractivity contribution in [1.82, 2.24) is 40.1 Å². The van der Waals surface area contributed by atoms with Crippen LogP contribution < -0.4 is 20.8 Å². The molecule has 0 unspecified atom stereocenters. The molecule has 5 aromatic rings. The van der Waals surface area contributed by atoms with Crippen molar-refractivity contribution in [3.63, 3.8) is 0 Å². The van der Waals surface area contributed by atoms with Gasteiger partial charge >= 0.3 is 0 Å². The Balaban J connectivity index is 1.40. The number of nitrogens with one attached hydrogen (secondary N) is 3.